The first-order valence-electron chi connectivity index (χ1n) is 8.49. The summed E-state index contributed by atoms with van der Waals surface area (Å²) in [6.07, 6.45) is 1.39. The van der Waals surface area contributed by atoms with Gasteiger partial charge in [0.2, 0.25) is 0 Å². The van der Waals surface area contributed by atoms with E-state index in [0.717, 1.165) is 3.57 Å². The lowest BCUT2D eigenvalue weighted by Crippen LogP contribution is -2.14. The minimum Gasteiger partial charge on any atom is -0.492 e. The number of anilines is 1. The van der Waals surface area contributed by atoms with Crippen molar-refractivity contribution in [2.24, 2.45) is 0 Å². The van der Waals surface area contributed by atoms with Crippen molar-refractivity contribution in [2.45, 2.75) is 13.8 Å². The second kappa shape index (κ2) is 9.88. The van der Waals surface area contributed by atoms with Crippen molar-refractivity contribution in [3.05, 3.63) is 60.7 Å². The number of methoxy groups -OCH3 is 1. The summed E-state index contributed by atoms with van der Waals surface area (Å²) < 4.78 is 11.6. The number of halogens is 1. The molecule has 0 fully saturated rings. The van der Waals surface area contributed by atoms with Crippen LogP contribution in [0.15, 0.2) is 35.9 Å². The van der Waals surface area contributed by atoms with Crippen LogP contribution in [0, 0.1) is 31.9 Å². The molecule has 29 heavy (non-hydrogen) atoms. The normalized spacial score (nSPS) is 10.8. The van der Waals surface area contributed by atoms with Gasteiger partial charge in [-0.3, -0.25) is 14.9 Å². The molecule has 0 aliphatic rings. The summed E-state index contributed by atoms with van der Waals surface area (Å²) in [5, 5.41) is 23.1. The molecule has 0 unspecified atom stereocenters. The molecule has 0 aliphatic heterocycles. The fraction of sp³-hybridized carbons (Fsp3) is 0.200. The third-order valence-corrected chi connectivity index (χ3v) is 4.61. The maximum atomic E-state index is 12.5. The highest BCUT2D eigenvalue weighted by atomic mass is 127. The molecule has 1 N–H and O–H groups in total. The van der Waals surface area contributed by atoms with E-state index >= 15 is 0 Å². The SMILES string of the molecule is CCOc1cc(/C=C(\C#N)C(=O)Nc2ccc(C)cc2[N+](=O)[O-])cc(I)c1OC. The molecule has 2 aromatic carbocycles. The molecule has 0 heterocycles. The zero-order valence-electron chi connectivity index (χ0n) is 16.0. The standard InChI is InChI=1S/C20H18IN3O5/c1-4-29-18-10-13(9-15(21)19(18)28-3)8-14(11-22)20(25)23-16-6-5-12(2)7-17(16)24(26)27/h5-10H,4H2,1-3H3,(H,23,25)/b14-8+. The van der Waals surface area contributed by atoms with Gasteiger partial charge in [0.05, 0.1) is 22.2 Å². The largest absolute Gasteiger partial charge is 0.492 e. The molecular formula is C20H18IN3O5. The van der Waals surface area contributed by atoms with Crippen molar-refractivity contribution in [1.82, 2.24) is 0 Å². The topological polar surface area (TPSA) is 114 Å². The van der Waals surface area contributed by atoms with E-state index in [1.165, 1.54) is 25.3 Å². The molecule has 0 aliphatic carbocycles. The Kier molecular flexibility index (Phi) is 7.55. The number of nitrogens with one attached hydrogen (secondary N) is 1. The first-order valence-corrected chi connectivity index (χ1v) is 9.57. The van der Waals surface area contributed by atoms with Crippen LogP contribution in [-0.4, -0.2) is 24.5 Å². The zero-order valence-corrected chi connectivity index (χ0v) is 18.1. The first kappa shape index (κ1) is 22.2. The highest BCUT2D eigenvalue weighted by molar-refractivity contribution is 14.1. The quantitative estimate of drug-likeness (QED) is 0.195. The lowest BCUT2D eigenvalue weighted by Gasteiger charge is -2.12. The summed E-state index contributed by atoms with van der Waals surface area (Å²) in [6.45, 7) is 3.96. The maximum absolute atomic E-state index is 12.5. The highest BCUT2D eigenvalue weighted by Crippen LogP contribution is 2.34. The van der Waals surface area contributed by atoms with Gasteiger partial charge in [0.25, 0.3) is 11.6 Å². The van der Waals surface area contributed by atoms with E-state index in [1.807, 2.05) is 13.0 Å². The number of nitro benzene ring substituents is 1. The zero-order chi connectivity index (χ0) is 21.6. The Hall–Kier alpha value is -3.13. The van der Waals surface area contributed by atoms with Gasteiger partial charge in [-0.1, -0.05) is 6.07 Å². The predicted octanol–water partition coefficient (Wildman–Crippen LogP) is 4.46. The van der Waals surface area contributed by atoms with Crippen LogP contribution in [0.5, 0.6) is 11.5 Å². The Morgan fingerprint density at radius 1 is 1.38 bits per heavy atom. The van der Waals surface area contributed by atoms with Gasteiger partial charge in [-0.05, 0) is 71.8 Å². The van der Waals surface area contributed by atoms with Gasteiger partial charge in [0, 0.05) is 6.07 Å². The van der Waals surface area contributed by atoms with Crippen LogP contribution in [0.3, 0.4) is 0 Å². The van der Waals surface area contributed by atoms with Crippen LogP contribution in [0.2, 0.25) is 0 Å². The Balaban J connectivity index is 2.39. The van der Waals surface area contributed by atoms with Gasteiger partial charge in [-0.2, -0.15) is 5.26 Å². The van der Waals surface area contributed by atoms with E-state index in [2.05, 4.69) is 27.9 Å². The summed E-state index contributed by atoms with van der Waals surface area (Å²) >= 11 is 2.07. The molecule has 2 rings (SSSR count). The molecule has 0 saturated carbocycles. The molecule has 1 amide bonds. The summed E-state index contributed by atoms with van der Waals surface area (Å²) in [5.41, 5.74) is 0.813. The van der Waals surface area contributed by atoms with Crippen LogP contribution in [0.25, 0.3) is 6.08 Å². The number of carbonyl (C=O) groups is 1. The Bertz CT molecular complexity index is 1030. The van der Waals surface area contributed by atoms with Crippen molar-refractivity contribution in [2.75, 3.05) is 19.0 Å². The van der Waals surface area contributed by atoms with E-state index in [1.54, 1.807) is 25.1 Å². The van der Waals surface area contributed by atoms with Crippen molar-refractivity contribution >= 4 is 45.9 Å². The molecule has 0 aromatic heterocycles. The fourth-order valence-corrected chi connectivity index (χ4v) is 3.38. The number of nitrogens with zero attached hydrogens (tertiary/aromatic N) is 2. The van der Waals surface area contributed by atoms with E-state index in [9.17, 15) is 20.2 Å². The minimum atomic E-state index is -0.747. The molecule has 2 aromatic rings. The second-order valence-electron chi connectivity index (χ2n) is 5.87. The second-order valence-corrected chi connectivity index (χ2v) is 7.03. The van der Waals surface area contributed by atoms with E-state index in [0.29, 0.717) is 29.2 Å². The average molecular weight is 507 g/mol. The number of aryl methyl sites for hydroxylation is 1. The third-order valence-electron chi connectivity index (χ3n) is 3.81. The van der Waals surface area contributed by atoms with Crippen molar-refractivity contribution in [1.29, 1.82) is 5.26 Å². The van der Waals surface area contributed by atoms with Gasteiger partial charge in [-0.15, -0.1) is 0 Å². The number of nitriles is 1. The molecule has 150 valence electrons. The first-order chi connectivity index (χ1) is 13.8. The number of hydrogen-bond donors (Lipinski definition) is 1. The number of rotatable bonds is 7. The predicted molar refractivity (Wildman–Crippen MR) is 117 cm³/mol. The number of benzene rings is 2. The molecule has 9 heteroatoms. The maximum Gasteiger partial charge on any atom is 0.293 e. The van der Waals surface area contributed by atoms with E-state index in [4.69, 9.17) is 9.47 Å². The summed E-state index contributed by atoms with van der Waals surface area (Å²) in [5.74, 6) is 0.297. The van der Waals surface area contributed by atoms with Crippen LogP contribution in [-0.2, 0) is 4.79 Å². The number of amides is 1. The summed E-state index contributed by atoms with van der Waals surface area (Å²) in [7, 11) is 1.53. The fourth-order valence-electron chi connectivity index (χ4n) is 2.54. The summed E-state index contributed by atoms with van der Waals surface area (Å²) in [4.78, 5) is 23.2. The molecule has 0 spiro atoms. The van der Waals surface area contributed by atoms with Crippen LogP contribution < -0.4 is 14.8 Å². The molecule has 0 radical (unpaired) electrons. The Morgan fingerprint density at radius 2 is 2.10 bits per heavy atom. The monoisotopic (exact) mass is 507 g/mol. The summed E-state index contributed by atoms with van der Waals surface area (Å²) in [6, 6.07) is 9.65. The van der Waals surface area contributed by atoms with Crippen LogP contribution in [0.4, 0.5) is 11.4 Å². The average Bonchev–Trinajstić information content (AvgIpc) is 2.67. The van der Waals surface area contributed by atoms with Gasteiger partial charge < -0.3 is 14.8 Å². The van der Waals surface area contributed by atoms with Gasteiger partial charge in [0.15, 0.2) is 11.5 Å². The number of ether oxygens (including phenoxy) is 2. The van der Waals surface area contributed by atoms with Gasteiger partial charge in [-0.25, -0.2) is 0 Å². The van der Waals surface area contributed by atoms with Crippen molar-refractivity contribution in [3.8, 4) is 17.6 Å². The number of nitro groups is 1. The van der Waals surface area contributed by atoms with Crippen LogP contribution in [0.1, 0.15) is 18.1 Å². The lowest BCUT2D eigenvalue weighted by atomic mass is 10.1. The Labute approximate surface area is 181 Å². The molecule has 0 saturated heterocycles. The number of hydrogen-bond acceptors (Lipinski definition) is 6. The third kappa shape index (κ3) is 5.45. The molecule has 8 nitrogen and oxygen atoms in total. The van der Waals surface area contributed by atoms with Gasteiger partial charge in [0.1, 0.15) is 17.3 Å². The van der Waals surface area contributed by atoms with Crippen molar-refractivity contribution in [3.63, 3.8) is 0 Å². The lowest BCUT2D eigenvalue weighted by molar-refractivity contribution is -0.384. The van der Waals surface area contributed by atoms with E-state index in [-0.39, 0.29) is 16.9 Å². The minimum absolute atomic E-state index is 0.0195. The molecule has 0 bridgehead atoms. The number of carbonyl (C=O) groups excluding carboxylic acids is 1. The van der Waals surface area contributed by atoms with E-state index < -0.39 is 10.8 Å². The van der Waals surface area contributed by atoms with Crippen molar-refractivity contribution < 1.29 is 19.2 Å². The van der Waals surface area contributed by atoms with Gasteiger partial charge >= 0.3 is 0 Å². The van der Waals surface area contributed by atoms with Crippen LogP contribution >= 0.6 is 22.6 Å². The highest BCUT2D eigenvalue weighted by Gasteiger charge is 2.19. The molecule has 0 atom stereocenters. The molecular weight excluding hydrogens is 489 g/mol. The Morgan fingerprint density at radius 3 is 2.69 bits per heavy atom. The smallest absolute Gasteiger partial charge is 0.293 e.